The zero-order chi connectivity index (χ0) is 14.3. The SMILES string of the molecule is Cc1cc2c(N(C)Cc3c(C)noc3C)ncnc2s1. The number of nitrogens with zero attached hydrogens (tertiary/aromatic N) is 4. The van der Waals surface area contributed by atoms with Crippen LogP contribution in [0.25, 0.3) is 10.2 Å². The molecule has 3 heterocycles. The van der Waals surface area contributed by atoms with Gasteiger partial charge in [0, 0.05) is 24.0 Å². The van der Waals surface area contributed by atoms with Crippen molar-refractivity contribution >= 4 is 27.4 Å². The summed E-state index contributed by atoms with van der Waals surface area (Å²) in [6, 6.07) is 2.14. The lowest BCUT2D eigenvalue weighted by atomic mass is 10.2. The maximum absolute atomic E-state index is 5.22. The molecule has 0 unspecified atom stereocenters. The first-order valence-electron chi connectivity index (χ1n) is 6.40. The Balaban J connectivity index is 1.98. The third kappa shape index (κ3) is 2.16. The second-order valence-corrected chi connectivity index (χ2v) is 6.17. The summed E-state index contributed by atoms with van der Waals surface area (Å²) < 4.78 is 5.22. The van der Waals surface area contributed by atoms with Gasteiger partial charge >= 0.3 is 0 Å². The monoisotopic (exact) mass is 288 g/mol. The lowest BCUT2D eigenvalue weighted by molar-refractivity contribution is 0.392. The van der Waals surface area contributed by atoms with Crippen LogP contribution in [-0.2, 0) is 6.54 Å². The molecule has 0 fully saturated rings. The van der Waals surface area contributed by atoms with Gasteiger partial charge in [0.2, 0.25) is 0 Å². The molecule has 0 aliphatic heterocycles. The summed E-state index contributed by atoms with van der Waals surface area (Å²) in [5.41, 5.74) is 2.05. The molecule has 0 radical (unpaired) electrons. The van der Waals surface area contributed by atoms with E-state index >= 15 is 0 Å². The number of hydrogen-bond donors (Lipinski definition) is 0. The van der Waals surface area contributed by atoms with Crippen LogP contribution in [0.3, 0.4) is 0 Å². The molecular formula is C14H16N4OS. The number of aromatic nitrogens is 3. The average Bonchev–Trinajstić information content (AvgIpc) is 2.94. The van der Waals surface area contributed by atoms with Crippen molar-refractivity contribution in [1.29, 1.82) is 0 Å². The molecule has 0 aliphatic rings. The van der Waals surface area contributed by atoms with Crippen molar-refractivity contribution in [3.05, 3.63) is 34.3 Å². The van der Waals surface area contributed by atoms with Crippen molar-refractivity contribution in [1.82, 2.24) is 15.1 Å². The van der Waals surface area contributed by atoms with Crippen LogP contribution in [-0.4, -0.2) is 22.2 Å². The molecule has 0 N–H and O–H groups in total. The normalized spacial score (nSPS) is 11.2. The van der Waals surface area contributed by atoms with Gasteiger partial charge in [-0.1, -0.05) is 5.16 Å². The number of anilines is 1. The summed E-state index contributed by atoms with van der Waals surface area (Å²) in [5, 5.41) is 5.10. The number of thiophene rings is 1. The summed E-state index contributed by atoms with van der Waals surface area (Å²) in [6.07, 6.45) is 1.62. The van der Waals surface area contributed by atoms with E-state index in [1.54, 1.807) is 17.7 Å². The van der Waals surface area contributed by atoms with E-state index in [4.69, 9.17) is 4.52 Å². The third-order valence-electron chi connectivity index (χ3n) is 3.37. The third-order valence-corrected chi connectivity index (χ3v) is 4.33. The fourth-order valence-corrected chi connectivity index (χ4v) is 3.15. The Kier molecular flexibility index (Phi) is 3.17. The van der Waals surface area contributed by atoms with Gasteiger partial charge in [0.15, 0.2) is 0 Å². The molecule has 104 valence electrons. The highest BCUT2D eigenvalue weighted by molar-refractivity contribution is 7.18. The summed E-state index contributed by atoms with van der Waals surface area (Å²) in [4.78, 5) is 13.1. The van der Waals surface area contributed by atoms with E-state index in [2.05, 4.69) is 33.0 Å². The predicted molar refractivity (Wildman–Crippen MR) is 80.2 cm³/mol. The Labute approximate surface area is 121 Å². The van der Waals surface area contributed by atoms with Crippen LogP contribution in [0.5, 0.6) is 0 Å². The lowest BCUT2D eigenvalue weighted by Crippen LogP contribution is -2.18. The molecule has 5 nitrogen and oxygen atoms in total. The second-order valence-electron chi connectivity index (χ2n) is 4.93. The van der Waals surface area contributed by atoms with Gasteiger partial charge in [0.05, 0.1) is 11.1 Å². The van der Waals surface area contributed by atoms with E-state index in [9.17, 15) is 0 Å². The highest BCUT2D eigenvalue weighted by Crippen LogP contribution is 2.30. The Morgan fingerprint density at radius 1 is 1.25 bits per heavy atom. The molecule has 0 aromatic carbocycles. The van der Waals surface area contributed by atoms with E-state index in [0.717, 1.165) is 39.6 Å². The van der Waals surface area contributed by atoms with Gasteiger partial charge in [-0.25, -0.2) is 9.97 Å². The number of rotatable bonds is 3. The molecule has 0 aliphatic carbocycles. The van der Waals surface area contributed by atoms with Crippen LogP contribution in [0.15, 0.2) is 16.9 Å². The Bertz CT molecular complexity index is 742. The summed E-state index contributed by atoms with van der Waals surface area (Å²) in [6.45, 7) is 6.71. The van der Waals surface area contributed by atoms with Gasteiger partial charge in [-0.05, 0) is 26.8 Å². The molecule has 6 heteroatoms. The van der Waals surface area contributed by atoms with Crippen molar-refractivity contribution in [2.45, 2.75) is 27.3 Å². The van der Waals surface area contributed by atoms with E-state index in [1.807, 2.05) is 20.9 Å². The van der Waals surface area contributed by atoms with Crippen LogP contribution < -0.4 is 4.90 Å². The van der Waals surface area contributed by atoms with Crippen LogP contribution in [0, 0.1) is 20.8 Å². The van der Waals surface area contributed by atoms with Gasteiger partial charge in [0.1, 0.15) is 22.7 Å². The summed E-state index contributed by atoms with van der Waals surface area (Å²) >= 11 is 1.69. The molecule has 0 atom stereocenters. The highest BCUT2D eigenvalue weighted by atomic mass is 32.1. The van der Waals surface area contributed by atoms with E-state index in [0.29, 0.717) is 0 Å². The number of aryl methyl sites for hydroxylation is 3. The van der Waals surface area contributed by atoms with Gasteiger partial charge in [-0.3, -0.25) is 0 Å². The zero-order valence-corrected chi connectivity index (χ0v) is 12.8. The average molecular weight is 288 g/mol. The largest absolute Gasteiger partial charge is 0.361 e. The number of hydrogen-bond acceptors (Lipinski definition) is 6. The molecule has 0 amide bonds. The maximum atomic E-state index is 5.22. The van der Waals surface area contributed by atoms with E-state index in [-0.39, 0.29) is 0 Å². The van der Waals surface area contributed by atoms with Crippen molar-refractivity contribution in [3.63, 3.8) is 0 Å². The van der Waals surface area contributed by atoms with Crippen molar-refractivity contribution in [3.8, 4) is 0 Å². The van der Waals surface area contributed by atoms with Crippen LogP contribution in [0.2, 0.25) is 0 Å². The van der Waals surface area contributed by atoms with Crippen molar-refractivity contribution in [2.24, 2.45) is 0 Å². The summed E-state index contributed by atoms with van der Waals surface area (Å²) in [5.74, 6) is 1.81. The first-order valence-corrected chi connectivity index (χ1v) is 7.22. The Morgan fingerprint density at radius 3 is 2.75 bits per heavy atom. The van der Waals surface area contributed by atoms with Gasteiger partial charge in [-0.2, -0.15) is 0 Å². The van der Waals surface area contributed by atoms with Crippen molar-refractivity contribution < 1.29 is 4.52 Å². The van der Waals surface area contributed by atoms with Gasteiger partial charge in [-0.15, -0.1) is 11.3 Å². The van der Waals surface area contributed by atoms with Crippen molar-refractivity contribution in [2.75, 3.05) is 11.9 Å². The first-order chi connectivity index (χ1) is 9.56. The summed E-state index contributed by atoms with van der Waals surface area (Å²) in [7, 11) is 2.03. The standard InChI is InChI=1S/C14H16N4OS/c1-8-5-11-13(15-7-16-14(11)20-8)18(4)6-12-9(2)17-19-10(12)3/h5,7H,6H2,1-4H3. The minimum atomic E-state index is 0.724. The molecule has 20 heavy (non-hydrogen) atoms. The van der Waals surface area contributed by atoms with E-state index < -0.39 is 0 Å². The molecule has 0 saturated carbocycles. The molecule has 0 spiro atoms. The fourth-order valence-electron chi connectivity index (χ4n) is 2.31. The Morgan fingerprint density at radius 2 is 2.05 bits per heavy atom. The minimum absolute atomic E-state index is 0.724. The smallest absolute Gasteiger partial charge is 0.140 e. The topological polar surface area (TPSA) is 55.1 Å². The zero-order valence-electron chi connectivity index (χ0n) is 12.0. The van der Waals surface area contributed by atoms with Crippen LogP contribution >= 0.6 is 11.3 Å². The molecular weight excluding hydrogens is 272 g/mol. The highest BCUT2D eigenvalue weighted by Gasteiger charge is 2.15. The lowest BCUT2D eigenvalue weighted by Gasteiger charge is -2.18. The van der Waals surface area contributed by atoms with Gasteiger partial charge < -0.3 is 9.42 Å². The minimum Gasteiger partial charge on any atom is -0.361 e. The van der Waals surface area contributed by atoms with Crippen LogP contribution in [0.1, 0.15) is 21.9 Å². The maximum Gasteiger partial charge on any atom is 0.140 e. The fraction of sp³-hybridized carbons (Fsp3) is 0.357. The molecule has 3 aromatic heterocycles. The Hall–Kier alpha value is -1.95. The van der Waals surface area contributed by atoms with Gasteiger partial charge in [0.25, 0.3) is 0 Å². The quantitative estimate of drug-likeness (QED) is 0.740. The molecule has 3 aromatic rings. The second kappa shape index (κ2) is 4.86. The molecule has 0 saturated heterocycles. The molecule has 3 rings (SSSR count). The van der Waals surface area contributed by atoms with Crippen LogP contribution in [0.4, 0.5) is 5.82 Å². The molecule has 0 bridgehead atoms. The predicted octanol–water partition coefficient (Wildman–Crippen LogP) is 3.24. The first kappa shape index (κ1) is 13.1. The van der Waals surface area contributed by atoms with E-state index in [1.165, 1.54) is 4.88 Å². The number of fused-ring (bicyclic) bond motifs is 1.